The van der Waals surface area contributed by atoms with Crippen LogP contribution in [0.15, 0.2) is 24.3 Å². The van der Waals surface area contributed by atoms with E-state index in [0.717, 1.165) is 23.7 Å². The van der Waals surface area contributed by atoms with E-state index < -0.39 is 0 Å². The van der Waals surface area contributed by atoms with Crippen molar-refractivity contribution in [1.29, 1.82) is 0 Å². The minimum Gasteiger partial charge on any atom is -0.353 e. The van der Waals surface area contributed by atoms with Crippen LogP contribution in [0.5, 0.6) is 0 Å². The molecule has 2 aromatic rings. The van der Waals surface area contributed by atoms with Gasteiger partial charge in [-0.2, -0.15) is 4.98 Å². The highest BCUT2D eigenvalue weighted by molar-refractivity contribution is 5.60. The smallest absolute Gasteiger partial charge is 0.229 e. The van der Waals surface area contributed by atoms with Crippen molar-refractivity contribution >= 4 is 17.5 Å². The van der Waals surface area contributed by atoms with Crippen molar-refractivity contribution in [2.24, 2.45) is 0 Å². The minimum absolute atomic E-state index is 0.599. The van der Waals surface area contributed by atoms with E-state index in [1.165, 1.54) is 36.8 Å². The highest BCUT2D eigenvalue weighted by Gasteiger charge is 2.22. The topological polar surface area (TPSA) is 41.1 Å². The van der Waals surface area contributed by atoms with Crippen LogP contribution in [0.3, 0.4) is 0 Å². The summed E-state index contributed by atoms with van der Waals surface area (Å²) in [5.41, 5.74) is 4.53. The number of nitrogens with one attached hydrogen (secondary N) is 1. The quantitative estimate of drug-likeness (QED) is 0.867. The van der Waals surface area contributed by atoms with Gasteiger partial charge in [-0.05, 0) is 63.6 Å². The molecule has 3 rings (SSSR count). The van der Waals surface area contributed by atoms with E-state index in [-0.39, 0.29) is 0 Å². The molecule has 1 fully saturated rings. The molecule has 4 nitrogen and oxygen atoms in total. The zero-order valence-electron chi connectivity index (χ0n) is 15.3. The molecule has 1 unspecified atom stereocenters. The van der Waals surface area contributed by atoms with Crippen molar-refractivity contribution in [2.45, 2.75) is 59.4 Å². The van der Waals surface area contributed by atoms with E-state index in [2.05, 4.69) is 60.2 Å². The highest BCUT2D eigenvalue weighted by Crippen LogP contribution is 2.27. The third-order valence-electron chi connectivity index (χ3n) is 4.87. The maximum atomic E-state index is 4.83. The fourth-order valence-corrected chi connectivity index (χ4v) is 3.47. The van der Waals surface area contributed by atoms with E-state index in [9.17, 15) is 0 Å². The molecule has 2 heterocycles. The second-order valence-corrected chi connectivity index (χ2v) is 6.89. The van der Waals surface area contributed by atoms with Gasteiger partial charge in [0.15, 0.2) is 0 Å². The normalized spacial score (nSPS) is 17.8. The maximum absolute atomic E-state index is 4.83. The van der Waals surface area contributed by atoms with Gasteiger partial charge in [-0.25, -0.2) is 4.98 Å². The molecule has 0 radical (unpaired) electrons. The van der Waals surface area contributed by atoms with Crippen LogP contribution in [-0.4, -0.2) is 22.6 Å². The van der Waals surface area contributed by atoms with Crippen LogP contribution in [0, 0.1) is 20.8 Å². The Morgan fingerprint density at radius 3 is 2.75 bits per heavy atom. The Bertz CT molecular complexity index is 711. The number of anilines is 3. The number of benzene rings is 1. The number of piperidine rings is 1. The molecule has 1 atom stereocenters. The number of nitrogens with zero attached hydrogens (tertiary/aromatic N) is 3. The maximum Gasteiger partial charge on any atom is 0.229 e. The summed E-state index contributed by atoms with van der Waals surface area (Å²) in [5, 5.41) is 3.42. The summed E-state index contributed by atoms with van der Waals surface area (Å²) in [6.45, 7) is 9.62. The fraction of sp³-hybridized carbons (Fsp3) is 0.500. The van der Waals surface area contributed by atoms with Crippen LogP contribution in [0.4, 0.5) is 17.5 Å². The van der Waals surface area contributed by atoms with Gasteiger partial charge < -0.3 is 10.2 Å². The third-order valence-corrected chi connectivity index (χ3v) is 4.87. The van der Waals surface area contributed by atoms with Crippen molar-refractivity contribution in [1.82, 2.24) is 9.97 Å². The van der Waals surface area contributed by atoms with Crippen molar-refractivity contribution in [2.75, 3.05) is 16.8 Å². The molecule has 1 aromatic carbocycles. The largest absolute Gasteiger partial charge is 0.353 e. The number of aromatic nitrogens is 2. The Morgan fingerprint density at radius 2 is 1.96 bits per heavy atom. The Kier molecular flexibility index (Phi) is 5.03. The second kappa shape index (κ2) is 7.20. The van der Waals surface area contributed by atoms with Gasteiger partial charge in [-0.1, -0.05) is 19.1 Å². The molecule has 0 saturated carbocycles. The van der Waals surface area contributed by atoms with Crippen molar-refractivity contribution in [3.05, 3.63) is 41.1 Å². The van der Waals surface area contributed by atoms with E-state index in [1.54, 1.807) is 0 Å². The fourth-order valence-electron chi connectivity index (χ4n) is 3.47. The van der Waals surface area contributed by atoms with Gasteiger partial charge in [0.25, 0.3) is 0 Å². The lowest BCUT2D eigenvalue weighted by Crippen LogP contribution is -2.39. The van der Waals surface area contributed by atoms with Crippen LogP contribution in [0.1, 0.15) is 49.4 Å². The number of hydrogen-bond donors (Lipinski definition) is 1. The lowest BCUT2D eigenvalue weighted by atomic mass is 10.00. The summed E-state index contributed by atoms with van der Waals surface area (Å²) in [6.07, 6.45) is 5.01. The minimum atomic E-state index is 0.599. The van der Waals surface area contributed by atoms with Crippen molar-refractivity contribution in [3.8, 4) is 0 Å². The molecule has 0 bridgehead atoms. The Morgan fingerprint density at radius 1 is 1.12 bits per heavy atom. The predicted molar refractivity (Wildman–Crippen MR) is 101 cm³/mol. The first-order chi connectivity index (χ1) is 11.6. The van der Waals surface area contributed by atoms with E-state index >= 15 is 0 Å². The summed E-state index contributed by atoms with van der Waals surface area (Å²) in [5.74, 6) is 1.75. The zero-order chi connectivity index (χ0) is 17.1. The molecule has 1 saturated heterocycles. The average Bonchev–Trinajstić information content (AvgIpc) is 2.57. The van der Waals surface area contributed by atoms with Crippen LogP contribution in [-0.2, 0) is 0 Å². The van der Waals surface area contributed by atoms with Gasteiger partial charge in [0.05, 0.1) is 0 Å². The Labute approximate surface area is 145 Å². The van der Waals surface area contributed by atoms with Crippen LogP contribution in [0.25, 0.3) is 0 Å². The molecule has 128 valence electrons. The summed E-state index contributed by atoms with van der Waals surface area (Å²) in [4.78, 5) is 11.9. The van der Waals surface area contributed by atoms with E-state index in [1.807, 2.05) is 6.92 Å². The van der Waals surface area contributed by atoms with E-state index in [4.69, 9.17) is 4.98 Å². The van der Waals surface area contributed by atoms with Gasteiger partial charge >= 0.3 is 0 Å². The lowest BCUT2D eigenvalue weighted by molar-refractivity contribution is 0.446. The van der Waals surface area contributed by atoms with Gasteiger partial charge in [0, 0.05) is 30.0 Å². The number of aryl methyl sites for hydroxylation is 3. The van der Waals surface area contributed by atoms with Gasteiger partial charge in [-0.3, -0.25) is 0 Å². The number of rotatable bonds is 4. The summed E-state index contributed by atoms with van der Waals surface area (Å²) < 4.78 is 0. The molecular weight excluding hydrogens is 296 g/mol. The first kappa shape index (κ1) is 16.7. The molecule has 0 aliphatic carbocycles. The Hall–Kier alpha value is -2.10. The zero-order valence-corrected chi connectivity index (χ0v) is 15.3. The first-order valence-corrected chi connectivity index (χ1v) is 9.03. The monoisotopic (exact) mass is 324 g/mol. The standard InChI is InChI=1S/C20H28N4/c1-5-17-8-6-7-11-24(17)19-13-16(4)21-20(23-19)22-18-12-14(2)9-10-15(18)3/h9-10,12-13,17H,5-8,11H2,1-4H3,(H,21,22,23). The predicted octanol–water partition coefficient (Wildman–Crippen LogP) is 4.91. The molecule has 24 heavy (non-hydrogen) atoms. The van der Waals surface area contributed by atoms with Gasteiger partial charge in [0.2, 0.25) is 5.95 Å². The third kappa shape index (κ3) is 3.69. The Balaban J connectivity index is 1.90. The lowest BCUT2D eigenvalue weighted by Gasteiger charge is -2.36. The molecule has 1 N–H and O–H groups in total. The highest BCUT2D eigenvalue weighted by atomic mass is 15.2. The summed E-state index contributed by atoms with van der Waals surface area (Å²) in [6, 6.07) is 9.12. The van der Waals surface area contributed by atoms with Crippen LogP contribution < -0.4 is 10.2 Å². The molecule has 0 spiro atoms. The summed E-state index contributed by atoms with van der Waals surface area (Å²) in [7, 11) is 0. The SMILES string of the molecule is CCC1CCCCN1c1cc(C)nc(Nc2cc(C)ccc2C)n1. The molecule has 0 amide bonds. The molecular formula is C20H28N4. The second-order valence-electron chi connectivity index (χ2n) is 6.89. The number of hydrogen-bond acceptors (Lipinski definition) is 4. The van der Waals surface area contributed by atoms with Crippen LogP contribution >= 0.6 is 0 Å². The van der Waals surface area contributed by atoms with Gasteiger partial charge in [0.1, 0.15) is 5.82 Å². The van der Waals surface area contributed by atoms with Gasteiger partial charge in [-0.15, -0.1) is 0 Å². The van der Waals surface area contributed by atoms with E-state index in [0.29, 0.717) is 12.0 Å². The summed E-state index contributed by atoms with van der Waals surface area (Å²) >= 11 is 0. The average molecular weight is 324 g/mol. The molecule has 1 aliphatic heterocycles. The molecule has 1 aromatic heterocycles. The van der Waals surface area contributed by atoms with Crippen molar-refractivity contribution < 1.29 is 0 Å². The molecule has 4 heteroatoms. The molecule has 1 aliphatic rings. The van der Waals surface area contributed by atoms with Crippen molar-refractivity contribution in [3.63, 3.8) is 0 Å². The van der Waals surface area contributed by atoms with Crippen LogP contribution in [0.2, 0.25) is 0 Å². The first-order valence-electron chi connectivity index (χ1n) is 9.03.